The SMILES string of the molecule is NC(=O)c1c(CC=CO)ccc2ccccc12. The molecule has 2 rings (SSSR count). The van der Waals surface area contributed by atoms with Crippen molar-refractivity contribution in [1.82, 2.24) is 0 Å². The fraction of sp³-hybridized carbons (Fsp3) is 0.0714. The summed E-state index contributed by atoms with van der Waals surface area (Å²) in [6.45, 7) is 0. The van der Waals surface area contributed by atoms with Gasteiger partial charge in [0.15, 0.2) is 0 Å². The number of primary amides is 1. The molecule has 2 aromatic rings. The third-order valence-corrected chi connectivity index (χ3v) is 2.70. The van der Waals surface area contributed by atoms with Crippen molar-refractivity contribution in [1.29, 1.82) is 0 Å². The second kappa shape index (κ2) is 4.70. The van der Waals surface area contributed by atoms with E-state index >= 15 is 0 Å². The van der Waals surface area contributed by atoms with E-state index in [1.165, 1.54) is 0 Å². The Bertz CT molecular complexity index is 588. The first-order valence-electron chi connectivity index (χ1n) is 5.33. The number of nitrogens with two attached hydrogens (primary N) is 1. The van der Waals surface area contributed by atoms with Gasteiger partial charge in [-0.2, -0.15) is 0 Å². The molecule has 0 atom stereocenters. The second-order valence-corrected chi connectivity index (χ2v) is 3.77. The summed E-state index contributed by atoms with van der Waals surface area (Å²) in [5.41, 5.74) is 6.78. The zero-order valence-electron chi connectivity index (χ0n) is 9.26. The van der Waals surface area contributed by atoms with Gasteiger partial charge in [0.25, 0.3) is 0 Å². The summed E-state index contributed by atoms with van der Waals surface area (Å²) >= 11 is 0. The van der Waals surface area contributed by atoms with Crippen LogP contribution in [0.25, 0.3) is 10.8 Å². The number of hydrogen-bond acceptors (Lipinski definition) is 2. The van der Waals surface area contributed by atoms with Gasteiger partial charge >= 0.3 is 0 Å². The molecule has 0 aliphatic heterocycles. The molecule has 0 heterocycles. The molecule has 0 spiro atoms. The molecule has 0 fully saturated rings. The van der Waals surface area contributed by atoms with Crippen molar-refractivity contribution in [3.05, 3.63) is 59.9 Å². The van der Waals surface area contributed by atoms with Gasteiger partial charge in [-0.1, -0.05) is 36.4 Å². The largest absolute Gasteiger partial charge is 0.516 e. The van der Waals surface area contributed by atoms with Crippen LogP contribution in [0.3, 0.4) is 0 Å². The van der Waals surface area contributed by atoms with Crippen molar-refractivity contribution >= 4 is 16.7 Å². The van der Waals surface area contributed by atoms with Crippen molar-refractivity contribution in [2.45, 2.75) is 6.42 Å². The molecule has 17 heavy (non-hydrogen) atoms. The third-order valence-electron chi connectivity index (χ3n) is 2.70. The van der Waals surface area contributed by atoms with Gasteiger partial charge in [-0.15, -0.1) is 0 Å². The zero-order chi connectivity index (χ0) is 12.3. The van der Waals surface area contributed by atoms with Gasteiger partial charge in [0.2, 0.25) is 5.91 Å². The quantitative estimate of drug-likeness (QED) is 0.791. The molecular weight excluding hydrogens is 214 g/mol. The van der Waals surface area contributed by atoms with Crippen molar-refractivity contribution in [3.63, 3.8) is 0 Å². The molecule has 0 unspecified atom stereocenters. The lowest BCUT2D eigenvalue weighted by Gasteiger charge is -2.08. The fourth-order valence-corrected chi connectivity index (χ4v) is 1.96. The highest BCUT2D eigenvalue weighted by Crippen LogP contribution is 2.22. The average molecular weight is 227 g/mol. The van der Waals surface area contributed by atoms with Gasteiger partial charge < -0.3 is 10.8 Å². The van der Waals surface area contributed by atoms with Crippen LogP contribution in [0.4, 0.5) is 0 Å². The zero-order valence-corrected chi connectivity index (χ0v) is 9.26. The molecular formula is C14H13NO2. The number of fused-ring (bicyclic) bond motifs is 1. The molecule has 0 aromatic heterocycles. The van der Waals surface area contributed by atoms with Gasteiger partial charge in [0, 0.05) is 0 Å². The summed E-state index contributed by atoms with van der Waals surface area (Å²) in [6, 6.07) is 11.4. The maximum Gasteiger partial charge on any atom is 0.249 e. The molecule has 0 radical (unpaired) electrons. The van der Waals surface area contributed by atoms with Crippen molar-refractivity contribution in [2.75, 3.05) is 0 Å². The Labute approximate surface area is 99.2 Å². The summed E-state index contributed by atoms with van der Waals surface area (Å²) in [5.74, 6) is -0.442. The Kier molecular flexibility index (Phi) is 3.10. The molecule has 3 N–H and O–H groups in total. The normalized spacial score (nSPS) is 11.1. The Balaban J connectivity index is 2.68. The van der Waals surface area contributed by atoms with Crippen LogP contribution >= 0.6 is 0 Å². The molecule has 2 aromatic carbocycles. The van der Waals surface area contributed by atoms with Crippen LogP contribution in [0.15, 0.2) is 48.7 Å². The topological polar surface area (TPSA) is 63.3 Å². The molecule has 86 valence electrons. The smallest absolute Gasteiger partial charge is 0.249 e. The van der Waals surface area contributed by atoms with Crippen LogP contribution in [-0.2, 0) is 6.42 Å². The van der Waals surface area contributed by atoms with Crippen LogP contribution in [0.5, 0.6) is 0 Å². The highest BCUT2D eigenvalue weighted by molar-refractivity contribution is 6.07. The van der Waals surface area contributed by atoms with Crippen LogP contribution in [0.1, 0.15) is 15.9 Å². The lowest BCUT2D eigenvalue weighted by atomic mass is 9.96. The van der Waals surface area contributed by atoms with Crippen LogP contribution in [-0.4, -0.2) is 11.0 Å². The molecule has 0 aliphatic carbocycles. The maximum atomic E-state index is 11.5. The van der Waals surface area contributed by atoms with Crippen molar-refractivity contribution in [3.8, 4) is 0 Å². The molecule has 3 nitrogen and oxygen atoms in total. The number of benzene rings is 2. The molecule has 1 amide bonds. The number of allylic oxidation sites excluding steroid dienone is 1. The number of rotatable bonds is 3. The summed E-state index contributed by atoms with van der Waals surface area (Å²) in [5, 5.41) is 10.5. The number of aliphatic hydroxyl groups excluding tert-OH is 1. The Morgan fingerprint density at radius 1 is 1.24 bits per heavy atom. The number of hydrogen-bond donors (Lipinski definition) is 2. The fourth-order valence-electron chi connectivity index (χ4n) is 1.96. The third kappa shape index (κ3) is 2.13. The van der Waals surface area contributed by atoms with E-state index in [9.17, 15) is 4.79 Å². The van der Waals surface area contributed by atoms with E-state index in [4.69, 9.17) is 10.8 Å². The van der Waals surface area contributed by atoms with Crippen LogP contribution in [0, 0.1) is 0 Å². The first-order chi connectivity index (χ1) is 8.24. The predicted molar refractivity (Wildman–Crippen MR) is 67.9 cm³/mol. The molecule has 3 heteroatoms. The lowest BCUT2D eigenvalue weighted by Crippen LogP contribution is -2.14. The number of carbonyl (C=O) groups excluding carboxylic acids is 1. The van der Waals surface area contributed by atoms with E-state index in [2.05, 4.69) is 0 Å². The van der Waals surface area contributed by atoms with E-state index in [1.54, 1.807) is 6.08 Å². The van der Waals surface area contributed by atoms with Crippen molar-refractivity contribution in [2.24, 2.45) is 5.73 Å². The van der Waals surface area contributed by atoms with Crippen LogP contribution in [0.2, 0.25) is 0 Å². The summed E-state index contributed by atoms with van der Waals surface area (Å²) in [4.78, 5) is 11.5. The minimum atomic E-state index is -0.442. The molecule has 0 saturated heterocycles. The Morgan fingerprint density at radius 2 is 2.00 bits per heavy atom. The van der Waals surface area contributed by atoms with Gasteiger partial charge in [0.05, 0.1) is 11.8 Å². The minimum Gasteiger partial charge on any atom is -0.516 e. The van der Waals surface area contributed by atoms with E-state index in [-0.39, 0.29) is 0 Å². The van der Waals surface area contributed by atoms with Gasteiger partial charge in [-0.25, -0.2) is 0 Å². The Morgan fingerprint density at radius 3 is 2.71 bits per heavy atom. The molecule has 0 bridgehead atoms. The molecule has 0 aliphatic rings. The maximum absolute atomic E-state index is 11.5. The van der Waals surface area contributed by atoms with Gasteiger partial charge in [0.1, 0.15) is 0 Å². The van der Waals surface area contributed by atoms with Gasteiger partial charge in [-0.3, -0.25) is 4.79 Å². The van der Waals surface area contributed by atoms with E-state index in [1.807, 2.05) is 36.4 Å². The number of amides is 1. The van der Waals surface area contributed by atoms with E-state index in [0.717, 1.165) is 22.6 Å². The van der Waals surface area contributed by atoms with Crippen molar-refractivity contribution < 1.29 is 9.90 Å². The molecule has 0 saturated carbocycles. The summed E-state index contributed by atoms with van der Waals surface area (Å²) < 4.78 is 0. The first kappa shape index (κ1) is 11.2. The number of carbonyl (C=O) groups is 1. The average Bonchev–Trinajstić information content (AvgIpc) is 2.35. The van der Waals surface area contributed by atoms with Gasteiger partial charge in [-0.05, 0) is 28.8 Å². The predicted octanol–water partition coefficient (Wildman–Crippen LogP) is 2.55. The van der Waals surface area contributed by atoms with E-state index in [0.29, 0.717) is 12.0 Å². The monoisotopic (exact) mass is 227 g/mol. The highest BCUT2D eigenvalue weighted by Gasteiger charge is 2.11. The Hall–Kier alpha value is -2.29. The minimum absolute atomic E-state index is 0.442. The second-order valence-electron chi connectivity index (χ2n) is 3.77. The lowest BCUT2D eigenvalue weighted by molar-refractivity contribution is 0.100. The van der Waals surface area contributed by atoms with Crippen LogP contribution < -0.4 is 5.73 Å². The van der Waals surface area contributed by atoms with E-state index < -0.39 is 5.91 Å². The number of aliphatic hydroxyl groups is 1. The standard InChI is InChI=1S/C14H13NO2/c15-14(17)13-11(5-3-9-16)8-7-10-4-1-2-6-12(10)13/h1-4,6-9,16H,5H2,(H2,15,17). The highest BCUT2D eigenvalue weighted by atomic mass is 16.2. The summed E-state index contributed by atoms with van der Waals surface area (Å²) in [7, 11) is 0. The summed E-state index contributed by atoms with van der Waals surface area (Å²) in [6.07, 6.45) is 3.04. The first-order valence-corrected chi connectivity index (χ1v) is 5.33.